The van der Waals surface area contributed by atoms with Gasteiger partial charge in [0.15, 0.2) is 0 Å². The molecule has 11 heteroatoms. The Morgan fingerprint density at radius 2 is 1.42 bits per heavy atom. The van der Waals surface area contributed by atoms with E-state index in [9.17, 15) is 36.6 Å². The first-order chi connectivity index (χ1) is 15.3. The molecule has 0 unspecified atom stereocenters. The normalized spacial score (nSPS) is 12.6. The SMILES string of the molecule is NC(CO)(CO)CCc1ccc(OCCCc2ccc(OC(F)(F)F)cc2)c(C(F)(F)F)c1. The smallest absolute Gasteiger partial charge is 0.493 e. The average Bonchev–Trinajstić information content (AvgIpc) is 2.75. The number of halogens is 6. The number of ether oxygens (including phenoxy) is 2. The molecular formula is C22H25F6NO4. The summed E-state index contributed by atoms with van der Waals surface area (Å²) in [6, 6.07) is 8.81. The van der Waals surface area contributed by atoms with Gasteiger partial charge in [0.2, 0.25) is 0 Å². The Hall–Kier alpha value is -2.50. The Kier molecular flexibility index (Phi) is 8.98. The minimum absolute atomic E-state index is 0.0375. The third-order valence-corrected chi connectivity index (χ3v) is 4.92. The van der Waals surface area contributed by atoms with Crippen LogP contribution in [0, 0.1) is 0 Å². The first-order valence-electron chi connectivity index (χ1n) is 10.0. The largest absolute Gasteiger partial charge is 0.573 e. The van der Waals surface area contributed by atoms with Crippen LogP contribution in [-0.4, -0.2) is 41.9 Å². The van der Waals surface area contributed by atoms with Crippen molar-refractivity contribution >= 4 is 0 Å². The molecule has 0 aliphatic carbocycles. The van der Waals surface area contributed by atoms with Crippen molar-refractivity contribution in [2.24, 2.45) is 5.73 Å². The number of aliphatic hydroxyl groups is 2. The minimum Gasteiger partial charge on any atom is -0.493 e. The van der Waals surface area contributed by atoms with Crippen LogP contribution < -0.4 is 15.2 Å². The third kappa shape index (κ3) is 8.75. The van der Waals surface area contributed by atoms with Gasteiger partial charge in [-0.25, -0.2) is 0 Å². The zero-order valence-electron chi connectivity index (χ0n) is 17.5. The monoisotopic (exact) mass is 481 g/mol. The van der Waals surface area contributed by atoms with Crippen LogP contribution in [0.15, 0.2) is 42.5 Å². The lowest BCUT2D eigenvalue weighted by molar-refractivity contribution is -0.274. The molecule has 0 bridgehead atoms. The van der Waals surface area contributed by atoms with Crippen LogP contribution in [0.5, 0.6) is 11.5 Å². The molecule has 0 saturated carbocycles. The lowest BCUT2D eigenvalue weighted by Gasteiger charge is -2.24. The number of hydrogen-bond acceptors (Lipinski definition) is 5. The summed E-state index contributed by atoms with van der Waals surface area (Å²) in [5.41, 5.74) is 4.52. The van der Waals surface area contributed by atoms with Crippen molar-refractivity contribution in [1.29, 1.82) is 0 Å². The number of rotatable bonds is 11. The minimum atomic E-state index is -4.79. The highest BCUT2D eigenvalue weighted by atomic mass is 19.4. The third-order valence-electron chi connectivity index (χ3n) is 4.92. The summed E-state index contributed by atoms with van der Waals surface area (Å²) < 4.78 is 86.1. The van der Waals surface area contributed by atoms with Crippen molar-refractivity contribution < 1.29 is 46.0 Å². The summed E-state index contributed by atoms with van der Waals surface area (Å²) in [6.07, 6.45) is -8.52. The van der Waals surface area contributed by atoms with Crippen molar-refractivity contribution in [3.05, 3.63) is 59.2 Å². The second-order valence-electron chi connectivity index (χ2n) is 7.65. The molecule has 33 heavy (non-hydrogen) atoms. The molecule has 0 fully saturated rings. The van der Waals surface area contributed by atoms with Gasteiger partial charge in [0.05, 0.1) is 30.9 Å². The molecule has 0 radical (unpaired) electrons. The van der Waals surface area contributed by atoms with Gasteiger partial charge in [-0.15, -0.1) is 13.2 Å². The molecule has 2 aromatic rings. The number of aliphatic hydroxyl groups excluding tert-OH is 2. The van der Waals surface area contributed by atoms with E-state index in [2.05, 4.69) is 4.74 Å². The van der Waals surface area contributed by atoms with Gasteiger partial charge in [-0.1, -0.05) is 18.2 Å². The first-order valence-corrected chi connectivity index (χ1v) is 10.0. The number of alkyl halides is 6. The van der Waals surface area contributed by atoms with Crippen LogP contribution >= 0.6 is 0 Å². The molecule has 2 rings (SSSR count). The molecule has 2 aromatic carbocycles. The maximum atomic E-state index is 13.5. The van der Waals surface area contributed by atoms with Crippen molar-refractivity contribution in [3.8, 4) is 11.5 Å². The van der Waals surface area contributed by atoms with Gasteiger partial charge in [-0.3, -0.25) is 0 Å². The zero-order valence-corrected chi connectivity index (χ0v) is 17.5. The van der Waals surface area contributed by atoms with Gasteiger partial charge >= 0.3 is 12.5 Å². The topological polar surface area (TPSA) is 84.9 Å². The Morgan fingerprint density at radius 3 is 1.97 bits per heavy atom. The summed E-state index contributed by atoms with van der Waals surface area (Å²) in [7, 11) is 0. The average molecular weight is 481 g/mol. The molecule has 0 aliphatic heterocycles. The highest BCUT2D eigenvalue weighted by Gasteiger charge is 2.35. The molecule has 4 N–H and O–H groups in total. The Labute approximate surface area is 186 Å². The highest BCUT2D eigenvalue weighted by molar-refractivity contribution is 5.39. The standard InChI is InChI=1S/C22H25F6NO4/c23-21(24,25)18-12-16(9-10-20(29,13-30)14-31)5-8-19(18)32-11-1-2-15-3-6-17(7-4-15)33-22(26,27)28/h3-8,12,30-31H,1-2,9-11,13-14,29H2. The maximum Gasteiger partial charge on any atom is 0.573 e. The van der Waals surface area contributed by atoms with E-state index in [1.54, 1.807) is 0 Å². The van der Waals surface area contributed by atoms with E-state index >= 15 is 0 Å². The zero-order chi connectivity index (χ0) is 24.7. The van der Waals surface area contributed by atoms with E-state index in [0.29, 0.717) is 24.0 Å². The van der Waals surface area contributed by atoms with Gasteiger partial charge < -0.3 is 25.4 Å². The van der Waals surface area contributed by atoms with Crippen LogP contribution in [0.4, 0.5) is 26.3 Å². The van der Waals surface area contributed by atoms with Crippen molar-refractivity contribution in [2.45, 2.75) is 43.8 Å². The molecule has 0 atom stereocenters. The van der Waals surface area contributed by atoms with Gasteiger partial charge in [0.1, 0.15) is 11.5 Å². The predicted molar refractivity (Wildman–Crippen MR) is 108 cm³/mol. The number of aryl methyl sites for hydroxylation is 2. The predicted octanol–water partition coefficient (Wildman–Crippen LogP) is 4.23. The fourth-order valence-electron chi connectivity index (χ4n) is 3.00. The van der Waals surface area contributed by atoms with Crippen LogP contribution in [0.25, 0.3) is 0 Å². The number of hydrogen-bond donors (Lipinski definition) is 3. The quantitative estimate of drug-likeness (QED) is 0.331. The molecule has 0 amide bonds. The van der Waals surface area contributed by atoms with Crippen molar-refractivity contribution in [3.63, 3.8) is 0 Å². The van der Waals surface area contributed by atoms with Crippen molar-refractivity contribution in [2.75, 3.05) is 19.8 Å². The van der Waals surface area contributed by atoms with Crippen LogP contribution in [0.3, 0.4) is 0 Å². The molecule has 0 aromatic heterocycles. The summed E-state index contributed by atoms with van der Waals surface area (Å²) in [6.45, 7) is -1.05. The molecule has 0 aliphatic rings. The Bertz CT molecular complexity index is 880. The summed E-state index contributed by atoms with van der Waals surface area (Å²) in [4.78, 5) is 0. The fraction of sp³-hybridized carbons (Fsp3) is 0.455. The van der Waals surface area contributed by atoms with Gasteiger partial charge in [-0.05, 0) is 61.1 Å². The van der Waals surface area contributed by atoms with E-state index in [0.717, 1.165) is 18.2 Å². The summed E-state index contributed by atoms with van der Waals surface area (Å²) >= 11 is 0. The Balaban J connectivity index is 1.95. The molecule has 5 nitrogen and oxygen atoms in total. The van der Waals surface area contributed by atoms with Crippen molar-refractivity contribution in [1.82, 2.24) is 0 Å². The molecule has 0 spiro atoms. The molecule has 0 saturated heterocycles. The van der Waals surface area contributed by atoms with E-state index in [1.165, 1.54) is 24.3 Å². The van der Waals surface area contributed by atoms with Crippen LogP contribution in [-0.2, 0) is 19.0 Å². The van der Waals surface area contributed by atoms with Crippen LogP contribution in [0.2, 0.25) is 0 Å². The van der Waals surface area contributed by atoms with Crippen LogP contribution in [0.1, 0.15) is 29.5 Å². The maximum absolute atomic E-state index is 13.5. The second-order valence-corrected chi connectivity index (χ2v) is 7.65. The fourth-order valence-corrected chi connectivity index (χ4v) is 3.00. The van der Waals surface area contributed by atoms with E-state index in [4.69, 9.17) is 10.5 Å². The number of nitrogens with two attached hydrogens (primary N) is 1. The highest BCUT2D eigenvalue weighted by Crippen LogP contribution is 2.37. The van der Waals surface area contributed by atoms with E-state index in [1.807, 2.05) is 0 Å². The first kappa shape index (κ1) is 26.7. The molecular weight excluding hydrogens is 456 g/mol. The van der Waals surface area contributed by atoms with Gasteiger partial charge in [0.25, 0.3) is 0 Å². The molecule has 0 heterocycles. The van der Waals surface area contributed by atoms with Gasteiger partial charge in [-0.2, -0.15) is 13.2 Å². The molecule has 184 valence electrons. The summed E-state index contributed by atoms with van der Waals surface area (Å²) in [5.74, 6) is -0.703. The van der Waals surface area contributed by atoms with Gasteiger partial charge in [0, 0.05) is 0 Å². The number of benzene rings is 2. The summed E-state index contributed by atoms with van der Waals surface area (Å²) in [5, 5.41) is 18.4. The van der Waals surface area contributed by atoms with E-state index < -0.39 is 36.9 Å². The lowest BCUT2D eigenvalue weighted by Crippen LogP contribution is -2.47. The Morgan fingerprint density at radius 1 is 0.818 bits per heavy atom. The second kappa shape index (κ2) is 11.1. The van der Waals surface area contributed by atoms with E-state index in [-0.39, 0.29) is 30.9 Å². The lowest BCUT2D eigenvalue weighted by atomic mass is 9.93.